The number of carbonyl (C=O) groups excluding carboxylic acids is 2. The first-order valence-electron chi connectivity index (χ1n) is 7.77. The maximum Gasteiger partial charge on any atom is 0.417 e. The second-order valence-electron chi connectivity index (χ2n) is 5.78. The van der Waals surface area contributed by atoms with Crippen LogP contribution in [0, 0.1) is 5.92 Å². The zero-order valence-electron chi connectivity index (χ0n) is 13.6. The van der Waals surface area contributed by atoms with Gasteiger partial charge in [0, 0.05) is 32.1 Å². The van der Waals surface area contributed by atoms with Gasteiger partial charge in [-0.3, -0.25) is 9.59 Å². The van der Waals surface area contributed by atoms with Crippen LogP contribution < -0.4 is 5.32 Å². The van der Waals surface area contributed by atoms with E-state index in [0.29, 0.717) is 25.9 Å². The molecule has 0 atom stereocenters. The number of rotatable bonds is 3. The van der Waals surface area contributed by atoms with Crippen LogP contribution in [-0.2, 0) is 15.8 Å². The highest BCUT2D eigenvalue weighted by atomic mass is 35.5. The summed E-state index contributed by atoms with van der Waals surface area (Å²) in [5.74, 6) is -0.439. The van der Waals surface area contributed by atoms with Crippen LogP contribution in [0.5, 0.6) is 0 Å². The lowest BCUT2D eigenvalue weighted by atomic mass is 9.96. The number of likely N-dealkylation sites (tertiary alicyclic amines) is 1. The van der Waals surface area contributed by atoms with Gasteiger partial charge in [0.05, 0.1) is 10.6 Å². The molecule has 0 bridgehead atoms. The number of nitrogens with zero attached hydrogens (tertiary/aromatic N) is 1. The molecule has 0 unspecified atom stereocenters. The van der Waals surface area contributed by atoms with Crippen LogP contribution in [0.25, 0.3) is 6.08 Å². The molecular weight excluding hydrogens is 357 g/mol. The van der Waals surface area contributed by atoms with Gasteiger partial charge >= 0.3 is 6.18 Å². The van der Waals surface area contributed by atoms with E-state index >= 15 is 0 Å². The standard InChI is InChI=1S/C17H18ClF3N2O2/c1-22-16(25)12-6-8-23(9-7-12)15(24)5-3-11-2-4-14(18)13(10-11)17(19,20)21/h2-5,10,12H,6-9H2,1H3,(H,22,25)/b5-3+. The van der Waals surface area contributed by atoms with E-state index in [1.807, 2.05) is 0 Å². The maximum atomic E-state index is 12.8. The summed E-state index contributed by atoms with van der Waals surface area (Å²) in [6, 6.07) is 3.48. The minimum absolute atomic E-state index is 0.0384. The number of alkyl halides is 3. The van der Waals surface area contributed by atoms with Crippen molar-refractivity contribution in [3.63, 3.8) is 0 Å². The monoisotopic (exact) mass is 374 g/mol. The number of benzene rings is 1. The number of carbonyl (C=O) groups is 2. The molecule has 1 aliphatic rings. The van der Waals surface area contributed by atoms with Crippen LogP contribution in [0.15, 0.2) is 24.3 Å². The molecule has 1 aromatic carbocycles. The summed E-state index contributed by atoms with van der Waals surface area (Å²) in [6.45, 7) is 0.880. The molecule has 1 aromatic rings. The van der Waals surface area contributed by atoms with Crippen molar-refractivity contribution in [3.05, 3.63) is 40.4 Å². The SMILES string of the molecule is CNC(=O)C1CCN(C(=O)/C=C/c2ccc(Cl)c(C(F)(F)F)c2)CC1. The Kier molecular flexibility index (Phi) is 6.11. The van der Waals surface area contributed by atoms with Gasteiger partial charge in [-0.15, -0.1) is 0 Å². The van der Waals surface area contributed by atoms with E-state index in [4.69, 9.17) is 11.6 Å². The molecule has 0 aliphatic carbocycles. The van der Waals surface area contributed by atoms with Gasteiger partial charge in [-0.05, 0) is 36.6 Å². The molecule has 0 aromatic heterocycles. The number of amides is 2. The molecule has 25 heavy (non-hydrogen) atoms. The third kappa shape index (κ3) is 4.98. The molecule has 136 valence electrons. The first-order valence-corrected chi connectivity index (χ1v) is 8.15. The van der Waals surface area contributed by atoms with Crippen LogP contribution in [0.3, 0.4) is 0 Å². The Morgan fingerprint density at radius 1 is 1.28 bits per heavy atom. The zero-order chi connectivity index (χ0) is 18.6. The Hall–Kier alpha value is -2.02. The average Bonchev–Trinajstić information content (AvgIpc) is 2.59. The van der Waals surface area contributed by atoms with Crippen LogP contribution in [0.2, 0.25) is 5.02 Å². The molecule has 8 heteroatoms. The summed E-state index contributed by atoms with van der Waals surface area (Å²) >= 11 is 5.56. The fourth-order valence-electron chi connectivity index (χ4n) is 2.70. The minimum Gasteiger partial charge on any atom is -0.359 e. The molecule has 1 saturated heterocycles. The lowest BCUT2D eigenvalue weighted by molar-refractivity contribution is -0.137. The summed E-state index contributed by atoms with van der Waals surface area (Å²) in [5.41, 5.74) is -0.694. The second kappa shape index (κ2) is 7.91. The molecule has 0 saturated carbocycles. The predicted octanol–water partition coefficient (Wildman–Crippen LogP) is 3.36. The van der Waals surface area contributed by atoms with Crippen LogP contribution >= 0.6 is 11.6 Å². The van der Waals surface area contributed by atoms with Crippen LogP contribution in [-0.4, -0.2) is 36.9 Å². The number of piperidine rings is 1. The number of halogens is 4. The normalized spacial score (nSPS) is 16.3. The fraction of sp³-hybridized carbons (Fsp3) is 0.412. The Labute approximate surface area is 148 Å². The molecule has 2 rings (SSSR count). The van der Waals surface area contributed by atoms with Gasteiger partial charge in [-0.25, -0.2) is 0 Å². The van der Waals surface area contributed by atoms with Gasteiger partial charge in [0.1, 0.15) is 0 Å². The van der Waals surface area contributed by atoms with Gasteiger partial charge in [0.25, 0.3) is 0 Å². The smallest absolute Gasteiger partial charge is 0.359 e. The molecule has 1 N–H and O–H groups in total. The van der Waals surface area contributed by atoms with Crippen molar-refractivity contribution in [1.82, 2.24) is 10.2 Å². The molecule has 2 amide bonds. The topological polar surface area (TPSA) is 49.4 Å². The molecule has 4 nitrogen and oxygen atoms in total. The molecular formula is C17H18ClF3N2O2. The highest BCUT2D eigenvalue weighted by Gasteiger charge is 2.33. The van der Waals surface area contributed by atoms with E-state index in [0.717, 1.165) is 12.1 Å². The van der Waals surface area contributed by atoms with Crippen molar-refractivity contribution in [2.24, 2.45) is 5.92 Å². The third-order valence-corrected chi connectivity index (χ3v) is 4.47. The molecule has 1 heterocycles. The highest BCUT2D eigenvalue weighted by molar-refractivity contribution is 6.31. The first kappa shape index (κ1) is 19.3. The molecule has 1 fully saturated rings. The van der Waals surface area contributed by atoms with Gasteiger partial charge in [-0.1, -0.05) is 17.7 Å². The predicted molar refractivity (Wildman–Crippen MR) is 88.9 cm³/mol. The van der Waals surface area contributed by atoms with Gasteiger partial charge in [-0.2, -0.15) is 13.2 Å². The summed E-state index contributed by atoms with van der Waals surface area (Å²) < 4.78 is 38.5. The van der Waals surface area contributed by atoms with E-state index in [-0.39, 0.29) is 28.3 Å². The summed E-state index contributed by atoms with van der Waals surface area (Å²) in [5, 5.41) is 2.21. The Balaban J connectivity index is 2.01. The largest absolute Gasteiger partial charge is 0.417 e. The maximum absolute atomic E-state index is 12.8. The fourth-order valence-corrected chi connectivity index (χ4v) is 2.93. The van der Waals surface area contributed by atoms with E-state index in [1.54, 1.807) is 11.9 Å². The number of nitrogens with one attached hydrogen (secondary N) is 1. The number of hydrogen-bond donors (Lipinski definition) is 1. The van der Waals surface area contributed by atoms with E-state index in [1.165, 1.54) is 18.2 Å². The summed E-state index contributed by atoms with van der Waals surface area (Å²) in [6.07, 6.45) is -0.841. The first-order chi connectivity index (χ1) is 11.7. The third-order valence-electron chi connectivity index (χ3n) is 4.14. The Morgan fingerprint density at radius 3 is 2.48 bits per heavy atom. The van der Waals surface area contributed by atoms with Crippen molar-refractivity contribution in [1.29, 1.82) is 0 Å². The van der Waals surface area contributed by atoms with Crippen LogP contribution in [0.4, 0.5) is 13.2 Å². The van der Waals surface area contributed by atoms with Gasteiger partial charge in [0.15, 0.2) is 0 Å². The van der Waals surface area contributed by atoms with E-state index in [2.05, 4.69) is 5.32 Å². The quantitative estimate of drug-likeness (QED) is 0.825. The number of hydrogen-bond acceptors (Lipinski definition) is 2. The van der Waals surface area contributed by atoms with E-state index < -0.39 is 11.7 Å². The summed E-state index contributed by atoms with van der Waals surface area (Å²) in [4.78, 5) is 25.3. The van der Waals surface area contributed by atoms with Crippen molar-refractivity contribution in [2.45, 2.75) is 19.0 Å². The van der Waals surface area contributed by atoms with Crippen LogP contribution in [0.1, 0.15) is 24.0 Å². The molecule has 0 radical (unpaired) electrons. The average molecular weight is 375 g/mol. The zero-order valence-corrected chi connectivity index (χ0v) is 14.3. The minimum atomic E-state index is -4.55. The van der Waals surface area contributed by atoms with Gasteiger partial charge in [0.2, 0.25) is 11.8 Å². The van der Waals surface area contributed by atoms with Crippen molar-refractivity contribution in [2.75, 3.05) is 20.1 Å². The summed E-state index contributed by atoms with van der Waals surface area (Å²) in [7, 11) is 1.57. The van der Waals surface area contributed by atoms with Crippen molar-refractivity contribution >= 4 is 29.5 Å². The van der Waals surface area contributed by atoms with Gasteiger partial charge < -0.3 is 10.2 Å². The molecule has 0 spiro atoms. The lowest BCUT2D eigenvalue weighted by Gasteiger charge is -2.30. The Morgan fingerprint density at radius 2 is 1.92 bits per heavy atom. The van der Waals surface area contributed by atoms with Crippen molar-refractivity contribution in [3.8, 4) is 0 Å². The molecule has 1 aliphatic heterocycles. The highest BCUT2D eigenvalue weighted by Crippen LogP contribution is 2.35. The second-order valence-corrected chi connectivity index (χ2v) is 6.19. The lowest BCUT2D eigenvalue weighted by Crippen LogP contribution is -2.41. The Bertz CT molecular complexity index is 681. The van der Waals surface area contributed by atoms with Crippen molar-refractivity contribution < 1.29 is 22.8 Å². The van der Waals surface area contributed by atoms with E-state index in [9.17, 15) is 22.8 Å².